The van der Waals surface area contributed by atoms with Gasteiger partial charge in [-0.3, -0.25) is 9.59 Å². The van der Waals surface area contributed by atoms with Crippen molar-refractivity contribution in [2.75, 3.05) is 17.7 Å². The summed E-state index contributed by atoms with van der Waals surface area (Å²) in [6, 6.07) is 22.0. The number of methoxy groups -OCH3 is 1. The Morgan fingerprint density at radius 3 is 1.57 bits per heavy atom. The number of ether oxygens (including phenoxy) is 1. The van der Waals surface area contributed by atoms with Crippen LogP contribution in [0, 0.1) is 11.3 Å². The topological polar surface area (TPSA) is 91.2 Å². The molecule has 0 saturated carbocycles. The van der Waals surface area contributed by atoms with Gasteiger partial charge in [0.15, 0.2) is 0 Å². The third-order valence-electron chi connectivity index (χ3n) is 4.03. The van der Waals surface area contributed by atoms with E-state index in [0.717, 1.165) is 0 Å². The monoisotopic (exact) mass is 371 g/mol. The van der Waals surface area contributed by atoms with Crippen LogP contribution in [0.1, 0.15) is 26.3 Å². The smallest absolute Gasteiger partial charge is 0.255 e. The maximum Gasteiger partial charge on any atom is 0.255 e. The van der Waals surface area contributed by atoms with Crippen LogP contribution >= 0.6 is 0 Å². The number of anilines is 2. The molecular weight excluding hydrogens is 354 g/mol. The second-order valence-corrected chi connectivity index (χ2v) is 5.90. The van der Waals surface area contributed by atoms with E-state index >= 15 is 0 Å². The molecule has 0 unspecified atom stereocenters. The van der Waals surface area contributed by atoms with Crippen LogP contribution in [0.25, 0.3) is 0 Å². The number of benzene rings is 3. The second kappa shape index (κ2) is 8.52. The number of nitriles is 1. The fourth-order valence-corrected chi connectivity index (χ4v) is 2.48. The molecule has 0 aliphatic carbocycles. The molecule has 3 aromatic rings. The molecular formula is C22H17N3O3. The van der Waals surface area contributed by atoms with Crippen molar-refractivity contribution in [2.45, 2.75) is 0 Å². The Labute approximate surface area is 162 Å². The number of rotatable bonds is 5. The van der Waals surface area contributed by atoms with E-state index in [2.05, 4.69) is 10.6 Å². The van der Waals surface area contributed by atoms with E-state index in [1.807, 2.05) is 6.07 Å². The number of nitrogens with zero attached hydrogens (tertiary/aromatic N) is 1. The molecule has 0 aliphatic rings. The van der Waals surface area contributed by atoms with Crippen LogP contribution in [0.4, 0.5) is 11.4 Å². The molecule has 0 heterocycles. The predicted molar refractivity (Wildman–Crippen MR) is 106 cm³/mol. The minimum Gasteiger partial charge on any atom is -0.497 e. The Morgan fingerprint density at radius 2 is 1.18 bits per heavy atom. The van der Waals surface area contributed by atoms with Crippen molar-refractivity contribution in [3.8, 4) is 11.8 Å². The lowest BCUT2D eigenvalue weighted by atomic mass is 10.1. The molecule has 0 radical (unpaired) electrons. The summed E-state index contributed by atoms with van der Waals surface area (Å²) in [5.74, 6) is 0.131. The Morgan fingerprint density at radius 1 is 0.750 bits per heavy atom. The SMILES string of the molecule is COc1ccc(NC(=O)c2ccc(C(=O)Nc3ccc(C#N)cc3)cc2)cc1. The molecule has 6 heteroatoms. The predicted octanol–water partition coefficient (Wildman–Crippen LogP) is 4.07. The Kier molecular flexibility index (Phi) is 5.68. The van der Waals surface area contributed by atoms with Crippen LogP contribution in [0.5, 0.6) is 5.75 Å². The van der Waals surface area contributed by atoms with Crippen LogP contribution in [0.2, 0.25) is 0 Å². The zero-order valence-corrected chi connectivity index (χ0v) is 15.1. The van der Waals surface area contributed by atoms with Crippen molar-refractivity contribution < 1.29 is 14.3 Å². The first-order valence-corrected chi connectivity index (χ1v) is 8.46. The summed E-state index contributed by atoms with van der Waals surface area (Å²) in [5.41, 5.74) is 2.61. The molecule has 0 aliphatic heterocycles. The lowest BCUT2D eigenvalue weighted by Gasteiger charge is -2.08. The van der Waals surface area contributed by atoms with Crippen LogP contribution < -0.4 is 15.4 Å². The van der Waals surface area contributed by atoms with Crippen molar-refractivity contribution in [3.05, 3.63) is 89.5 Å². The number of nitrogens with one attached hydrogen (secondary N) is 2. The van der Waals surface area contributed by atoms with E-state index in [4.69, 9.17) is 10.00 Å². The summed E-state index contributed by atoms with van der Waals surface area (Å²) in [6.07, 6.45) is 0. The van der Waals surface area contributed by atoms with Gasteiger partial charge in [-0.15, -0.1) is 0 Å². The largest absolute Gasteiger partial charge is 0.497 e. The van der Waals surface area contributed by atoms with Gasteiger partial charge in [-0.05, 0) is 72.8 Å². The van der Waals surface area contributed by atoms with Gasteiger partial charge in [0.25, 0.3) is 11.8 Å². The highest BCUT2D eigenvalue weighted by molar-refractivity contribution is 6.07. The number of hydrogen-bond acceptors (Lipinski definition) is 4. The first-order chi connectivity index (χ1) is 13.6. The van der Waals surface area contributed by atoms with Crippen molar-refractivity contribution in [3.63, 3.8) is 0 Å². The summed E-state index contributed by atoms with van der Waals surface area (Å²) < 4.78 is 5.08. The van der Waals surface area contributed by atoms with Gasteiger partial charge >= 0.3 is 0 Å². The van der Waals surface area contributed by atoms with Crippen LogP contribution in [-0.2, 0) is 0 Å². The average Bonchev–Trinajstić information content (AvgIpc) is 2.75. The van der Waals surface area contributed by atoms with E-state index in [-0.39, 0.29) is 11.8 Å². The van der Waals surface area contributed by atoms with E-state index in [9.17, 15) is 9.59 Å². The molecule has 0 saturated heterocycles. The number of amides is 2. The Hall–Kier alpha value is -4.11. The van der Waals surface area contributed by atoms with E-state index < -0.39 is 0 Å². The standard InChI is InChI=1S/C22H17N3O3/c1-28-20-12-10-19(11-13-20)25-22(27)17-6-4-16(5-7-17)21(26)24-18-8-2-15(14-23)3-9-18/h2-13H,1H3,(H,24,26)(H,25,27). The van der Waals surface area contributed by atoms with E-state index in [1.54, 1.807) is 79.9 Å². The second-order valence-electron chi connectivity index (χ2n) is 5.90. The van der Waals surface area contributed by atoms with Crippen molar-refractivity contribution >= 4 is 23.2 Å². The molecule has 0 spiro atoms. The molecule has 2 N–H and O–H groups in total. The molecule has 3 rings (SSSR count). The Bertz CT molecular complexity index is 1020. The maximum atomic E-state index is 12.3. The lowest BCUT2D eigenvalue weighted by Crippen LogP contribution is -2.14. The van der Waals surface area contributed by atoms with E-state index in [1.165, 1.54) is 0 Å². The molecule has 138 valence electrons. The summed E-state index contributed by atoms with van der Waals surface area (Å²) >= 11 is 0. The third-order valence-corrected chi connectivity index (χ3v) is 4.03. The van der Waals surface area contributed by atoms with Crippen LogP contribution in [0.3, 0.4) is 0 Å². The fourth-order valence-electron chi connectivity index (χ4n) is 2.48. The van der Waals surface area contributed by atoms with Crippen LogP contribution in [-0.4, -0.2) is 18.9 Å². The molecule has 0 atom stereocenters. The van der Waals surface area contributed by atoms with Gasteiger partial charge < -0.3 is 15.4 Å². The number of carbonyl (C=O) groups is 2. The van der Waals surface area contributed by atoms with Gasteiger partial charge in [-0.2, -0.15) is 5.26 Å². The normalized spacial score (nSPS) is 9.86. The number of carbonyl (C=O) groups excluding carboxylic acids is 2. The van der Waals surface area contributed by atoms with Crippen molar-refractivity contribution in [1.82, 2.24) is 0 Å². The number of hydrogen-bond donors (Lipinski definition) is 2. The first kappa shape index (κ1) is 18.7. The van der Waals surface area contributed by atoms with Crippen molar-refractivity contribution in [2.24, 2.45) is 0 Å². The van der Waals surface area contributed by atoms with Crippen molar-refractivity contribution in [1.29, 1.82) is 5.26 Å². The molecule has 28 heavy (non-hydrogen) atoms. The van der Waals surface area contributed by atoms with Gasteiger partial charge in [0, 0.05) is 22.5 Å². The van der Waals surface area contributed by atoms with Gasteiger partial charge in [0.1, 0.15) is 5.75 Å². The zero-order valence-electron chi connectivity index (χ0n) is 15.1. The molecule has 0 bridgehead atoms. The van der Waals surface area contributed by atoms with Gasteiger partial charge in [-0.25, -0.2) is 0 Å². The fraction of sp³-hybridized carbons (Fsp3) is 0.0455. The van der Waals surface area contributed by atoms with E-state index in [0.29, 0.717) is 33.8 Å². The highest BCUT2D eigenvalue weighted by Crippen LogP contribution is 2.16. The highest BCUT2D eigenvalue weighted by Gasteiger charge is 2.10. The Balaban J connectivity index is 1.63. The molecule has 3 aromatic carbocycles. The van der Waals surface area contributed by atoms with Gasteiger partial charge in [-0.1, -0.05) is 0 Å². The molecule has 6 nitrogen and oxygen atoms in total. The quantitative estimate of drug-likeness (QED) is 0.707. The van der Waals surface area contributed by atoms with Gasteiger partial charge in [0.05, 0.1) is 18.7 Å². The zero-order chi connectivity index (χ0) is 19.9. The van der Waals surface area contributed by atoms with Crippen LogP contribution in [0.15, 0.2) is 72.8 Å². The van der Waals surface area contributed by atoms with Gasteiger partial charge in [0.2, 0.25) is 0 Å². The molecule has 2 amide bonds. The molecule has 0 aromatic heterocycles. The summed E-state index contributed by atoms with van der Waals surface area (Å²) in [6.45, 7) is 0. The maximum absolute atomic E-state index is 12.3. The molecule has 0 fully saturated rings. The summed E-state index contributed by atoms with van der Waals surface area (Å²) in [7, 11) is 1.58. The lowest BCUT2D eigenvalue weighted by molar-refractivity contribution is 0.101. The third kappa shape index (κ3) is 4.54. The summed E-state index contributed by atoms with van der Waals surface area (Å²) in [5, 5.41) is 14.3. The minimum atomic E-state index is -0.299. The summed E-state index contributed by atoms with van der Waals surface area (Å²) in [4.78, 5) is 24.6. The highest BCUT2D eigenvalue weighted by atomic mass is 16.5. The minimum absolute atomic E-state index is 0.274. The average molecular weight is 371 g/mol. The first-order valence-electron chi connectivity index (χ1n) is 8.46.